The van der Waals surface area contributed by atoms with Crippen molar-refractivity contribution >= 4 is 17.5 Å². The number of benzene rings is 1. The van der Waals surface area contributed by atoms with E-state index in [0.29, 0.717) is 19.0 Å². The number of amides is 1. The Morgan fingerprint density at radius 1 is 1.53 bits per heavy atom. The van der Waals surface area contributed by atoms with Crippen molar-refractivity contribution < 1.29 is 4.79 Å². The molecule has 1 aromatic rings. The normalized spacial score (nSPS) is 18.5. The van der Waals surface area contributed by atoms with Crippen LogP contribution >= 0.6 is 11.6 Å². The SMILES string of the molecule is CCN(Cc1cccc(Cl)c1)C(=O)CC1CCCN1. The van der Waals surface area contributed by atoms with E-state index in [0.717, 1.165) is 30.1 Å². The number of halogens is 1. The van der Waals surface area contributed by atoms with Crippen molar-refractivity contribution in [3.63, 3.8) is 0 Å². The minimum Gasteiger partial charge on any atom is -0.339 e. The van der Waals surface area contributed by atoms with E-state index >= 15 is 0 Å². The predicted molar refractivity (Wildman–Crippen MR) is 78.2 cm³/mol. The van der Waals surface area contributed by atoms with E-state index in [1.807, 2.05) is 36.1 Å². The number of hydrogen-bond donors (Lipinski definition) is 1. The lowest BCUT2D eigenvalue weighted by molar-refractivity contribution is -0.132. The Balaban J connectivity index is 1.93. The Morgan fingerprint density at radius 2 is 2.37 bits per heavy atom. The zero-order valence-electron chi connectivity index (χ0n) is 11.4. The third-order valence-electron chi connectivity index (χ3n) is 3.58. The molecule has 1 aliphatic rings. The maximum absolute atomic E-state index is 12.3. The van der Waals surface area contributed by atoms with Gasteiger partial charge in [-0.2, -0.15) is 0 Å². The van der Waals surface area contributed by atoms with E-state index in [-0.39, 0.29) is 5.91 Å². The van der Waals surface area contributed by atoms with Crippen LogP contribution < -0.4 is 5.32 Å². The van der Waals surface area contributed by atoms with Crippen LogP contribution in [-0.4, -0.2) is 29.9 Å². The number of nitrogens with one attached hydrogen (secondary N) is 1. The molecule has 1 aromatic carbocycles. The van der Waals surface area contributed by atoms with Gasteiger partial charge in [-0.1, -0.05) is 23.7 Å². The molecular formula is C15H21ClN2O. The maximum Gasteiger partial charge on any atom is 0.224 e. The average Bonchev–Trinajstić information content (AvgIpc) is 2.88. The van der Waals surface area contributed by atoms with Gasteiger partial charge in [-0.15, -0.1) is 0 Å². The molecule has 1 aliphatic heterocycles. The summed E-state index contributed by atoms with van der Waals surface area (Å²) in [5, 5.41) is 4.09. The first-order valence-corrected chi connectivity index (χ1v) is 7.32. The second-order valence-electron chi connectivity index (χ2n) is 5.04. The molecule has 3 nitrogen and oxygen atoms in total. The van der Waals surface area contributed by atoms with Crippen molar-refractivity contribution in [1.29, 1.82) is 0 Å². The van der Waals surface area contributed by atoms with Crippen molar-refractivity contribution in [3.8, 4) is 0 Å². The van der Waals surface area contributed by atoms with Crippen LogP contribution in [0.1, 0.15) is 31.7 Å². The fourth-order valence-electron chi connectivity index (χ4n) is 2.50. The van der Waals surface area contributed by atoms with E-state index in [4.69, 9.17) is 11.6 Å². The lowest BCUT2D eigenvalue weighted by Gasteiger charge is -2.23. The van der Waals surface area contributed by atoms with Gasteiger partial charge in [-0.25, -0.2) is 0 Å². The highest BCUT2D eigenvalue weighted by atomic mass is 35.5. The third kappa shape index (κ3) is 4.22. The van der Waals surface area contributed by atoms with Crippen molar-refractivity contribution in [3.05, 3.63) is 34.9 Å². The summed E-state index contributed by atoms with van der Waals surface area (Å²) in [4.78, 5) is 14.2. The molecule has 1 fully saturated rings. The second kappa shape index (κ2) is 6.92. The number of carbonyl (C=O) groups excluding carboxylic acids is 1. The first-order valence-electron chi connectivity index (χ1n) is 6.94. The van der Waals surface area contributed by atoms with Gasteiger partial charge in [0.15, 0.2) is 0 Å². The zero-order valence-corrected chi connectivity index (χ0v) is 12.1. The van der Waals surface area contributed by atoms with Crippen LogP contribution in [0.5, 0.6) is 0 Å². The van der Waals surface area contributed by atoms with Gasteiger partial charge in [-0.3, -0.25) is 4.79 Å². The van der Waals surface area contributed by atoms with Crippen molar-refractivity contribution in [2.45, 2.75) is 38.8 Å². The van der Waals surface area contributed by atoms with Crippen molar-refractivity contribution in [2.75, 3.05) is 13.1 Å². The summed E-state index contributed by atoms with van der Waals surface area (Å²) in [6.07, 6.45) is 2.90. The predicted octanol–water partition coefficient (Wildman–Crippen LogP) is 2.83. The molecule has 0 saturated carbocycles. The summed E-state index contributed by atoms with van der Waals surface area (Å²) >= 11 is 5.98. The summed E-state index contributed by atoms with van der Waals surface area (Å²) in [5.41, 5.74) is 1.09. The molecule has 4 heteroatoms. The molecule has 1 amide bonds. The second-order valence-corrected chi connectivity index (χ2v) is 5.47. The third-order valence-corrected chi connectivity index (χ3v) is 3.82. The van der Waals surface area contributed by atoms with Crippen molar-refractivity contribution in [2.24, 2.45) is 0 Å². The Kier molecular flexibility index (Phi) is 5.23. The summed E-state index contributed by atoms with van der Waals surface area (Å²) in [6, 6.07) is 8.07. The molecule has 1 saturated heterocycles. The molecule has 0 spiro atoms. The highest BCUT2D eigenvalue weighted by Gasteiger charge is 2.20. The number of carbonyl (C=O) groups is 1. The van der Waals surface area contributed by atoms with Crippen LogP contribution in [0.25, 0.3) is 0 Å². The number of hydrogen-bond acceptors (Lipinski definition) is 2. The van der Waals surface area contributed by atoms with Crippen LogP contribution in [-0.2, 0) is 11.3 Å². The van der Waals surface area contributed by atoms with Gasteiger partial charge in [0.05, 0.1) is 0 Å². The molecule has 0 aliphatic carbocycles. The van der Waals surface area contributed by atoms with Gasteiger partial charge < -0.3 is 10.2 Å². The van der Waals surface area contributed by atoms with Crippen LogP contribution in [0.3, 0.4) is 0 Å². The summed E-state index contributed by atoms with van der Waals surface area (Å²) in [6.45, 7) is 4.43. The van der Waals surface area contributed by atoms with Gasteiger partial charge in [0.2, 0.25) is 5.91 Å². The zero-order chi connectivity index (χ0) is 13.7. The minimum atomic E-state index is 0.224. The molecule has 1 atom stereocenters. The molecule has 19 heavy (non-hydrogen) atoms. The Labute approximate surface area is 119 Å². The first-order chi connectivity index (χ1) is 9.19. The lowest BCUT2D eigenvalue weighted by Crippen LogP contribution is -2.35. The van der Waals surface area contributed by atoms with Crippen LogP contribution in [0.2, 0.25) is 5.02 Å². The first kappa shape index (κ1) is 14.4. The maximum atomic E-state index is 12.3. The van der Waals surface area contributed by atoms with Crippen LogP contribution in [0.15, 0.2) is 24.3 Å². The molecule has 104 valence electrons. The van der Waals surface area contributed by atoms with Gasteiger partial charge in [0.1, 0.15) is 0 Å². The summed E-state index contributed by atoms with van der Waals surface area (Å²) in [5.74, 6) is 0.224. The Bertz CT molecular complexity index is 430. The van der Waals surface area contributed by atoms with E-state index in [1.165, 1.54) is 6.42 Å². The largest absolute Gasteiger partial charge is 0.339 e. The quantitative estimate of drug-likeness (QED) is 0.899. The van der Waals surface area contributed by atoms with E-state index < -0.39 is 0 Å². The van der Waals surface area contributed by atoms with Gasteiger partial charge in [0, 0.05) is 30.6 Å². The molecular weight excluding hydrogens is 260 g/mol. The van der Waals surface area contributed by atoms with Crippen LogP contribution in [0, 0.1) is 0 Å². The molecule has 1 heterocycles. The summed E-state index contributed by atoms with van der Waals surface area (Å²) in [7, 11) is 0. The standard InChI is InChI=1S/C15H21ClN2O/c1-2-18(11-12-5-3-6-13(16)9-12)15(19)10-14-7-4-8-17-14/h3,5-6,9,14,17H,2,4,7-8,10-11H2,1H3. The topological polar surface area (TPSA) is 32.3 Å². The average molecular weight is 281 g/mol. The molecule has 2 rings (SSSR count). The van der Waals surface area contributed by atoms with Gasteiger partial charge in [0.25, 0.3) is 0 Å². The molecule has 0 radical (unpaired) electrons. The van der Waals surface area contributed by atoms with Crippen LogP contribution in [0.4, 0.5) is 0 Å². The Hall–Kier alpha value is -1.06. The van der Waals surface area contributed by atoms with Gasteiger partial charge in [-0.05, 0) is 44.0 Å². The van der Waals surface area contributed by atoms with E-state index in [2.05, 4.69) is 5.32 Å². The number of rotatable bonds is 5. The fraction of sp³-hybridized carbons (Fsp3) is 0.533. The molecule has 1 N–H and O–H groups in total. The van der Waals surface area contributed by atoms with Gasteiger partial charge >= 0.3 is 0 Å². The minimum absolute atomic E-state index is 0.224. The smallest absolute Gasteiger partial charge is 0.224 e. The number of nitrogens with zero attached hydrogens (tertiary/aromatic N) is 1. The lowest BCUT2D eigenvalue weighted by atomic mass is 10.1. The van der Waals surface area contributed by atoms with E-state index in [1.54, 1.807) is 0 Å². The monoisotopic (exact) mass is 280 g/mol. The highest BCUT2D eigenvalue weighted by Crippen LogP contribution is 2.15. The molecule has 0 bridgehead atoms. The fourth-order valence-corrected chi connectivity index (χ4v) is 2.72. The Morgan fingerprint density at radius 3 is 3.00 bits per heavy atom. The molecule has 1 unspecified atom stereocenters. The van der Waals surface area contributed by atoms with Crippen molar-refractivity contribution in [1.82, 2.24) is 10.2 Å². The highest BCUT2D eigenvalue weighted by molar-refractivity contribution is 6.30. The molecule has 0 aromatic heterocycles. The summed E-state index contributed by atoms with van der Waals surface area (Å²) < 4.78 is 0. The van der Waals surface area contributed by atoms with E-state index in [9.17, 15) is 4.79 Å².